The summed E-state index contributed by atoms with van der Waals surface area (Å²) >= 11 is 2.38. The second-order valence-electron chi connectivity index (χ2n) is 3.21. The lowest BCUT2D eigenvalue weighted by Gasteiger charge is -2.03. The highest BCUT2D eigenvalue weighted by molar-refractivity contribution is 7.93. The van der Waals surface area contributed by atoms with E-state index in [2.05, 4.69) is 19.9 Å². The Labute approximate surface area is 109 Å². The van der Waals surface area contributed by atoms with Crippen molar-refractivity contribution >= 4 is 48.6 Å². The van der Waals surface area contributed by atoms with Crippen LogP contribution in [0.4, 0.5) is 10.9 Å². The van der Waals surface area contributed by atoms with Gasteiger partial charge in [-0.1, -0.05) is 11.3 Å². The summed E-state index contributed by atoms with van der Waals surface area (Å²) in [5, 5.41) is 8.99. The minimum Gasteiger partial charge on any atom is -0.381 e. The summed E-state index contributed by atoms with van der Waals surface area (Å²) in [7, 11) is -3.83. The third kappa shape index (κ3) is 1.72. The Morgan fingerprint density at radius 2 is 2.22 bits per heavy atom. The Hall–Kier alpha value is -1.72. The van der Waals surface area contributed by atoms with Gasteiger partial charge in [-0.15, -0.1) is 21.5 Å². The lowest BCUT2D eigenvalue weighted by molar-refractivity contribution is 0.597. The lowest BCUT2D eigenvalue weighted by atomic mass is 10.8. The molecule has 94 valence electrons. The number of fused-ring (bicyclic) bond motifs is 1. The van der Waals surface area contributed by atoms with Gasteiger partial charge in [0.2, 0.25) is 10.2 Å². The molecule has 8 nitrogen and oxygen atoms in total. The molecule has 11 heteroatoms. The van der Waals surface area contributed by atoms with Gasteiger partial charge >= 0.3 is 0 Å². The summed E-state index contributed by atoms with van der Waals surface area (Å²) in [6.45, 7) is 0. The van der Waals surface area contributed by atoms with Gasteiger partial charge in [0.05, 0.1) is 0 Å². The quantitative estimate of drug-likeness (QED) is 0.733. The molecule has 0 amide bonds. The predicted octanol–water partition coefficient (Wildman–Crippen LogP) is 0.630. The number of nitrogens with one attached hydrogen (secondary N) is 1. The third-order valence-electron chi connectivity index (χ3n) is 2.08. The maximum absolute atomic E-state index is 12.2. The number of thiazole rings is 1. The van der Waals surface area contributed by atoms with Crippen molar-refractivity contribution in [2.45, 2.75) is 5.03 Å². The van der Waals surface area contributed by atoms with Gasteiger partial charge in [-0.25, -0.2) is 4.98 Å². The van der Waals surface area contributed by atoms with Crippen LogP contribution in [0, 0.1) is 0 Å². The second kappa shape index (κ2) is 3.90. The van der Waals surface area contributed by atoms with Crippen molar-refractivity contribution in [3.63, 3.8) is 0 Å². The van der Waals surface area contributed by atoms with Crippen LogP contribution in [0.3, 0.4) is 0 Å². The SMILES string of the molecule is Nc1nc2sccn2c1S(=O)(=O)Nc1nncs1. The van der Waals surface area contributed by atoms with Crippen molar-refractivity contribution in [1.29, 1.82) is 0 Å². The van der Waals surface area contributed by atoms with E-state index >= 15 is 0 Å². The zero-order valence-electron chi connectivity index (χ0n) is 8.64. The topological polar surface area (TPSA) is 115 Å². The Morgan fingerprint density at radius 1 is 1.39 bits per heavy atom. The molecular weight excluding hydrogens is 296 g/mol. The Kier molecular flexibility index (Phi) is 2.46. The van der Waals surface area contributed by atoms with Crippen LogP contribution < -0.4 is 10.5 Å². The average Bonchev–Trinajstić information content (AvgIpc) is 2.92. The van der Waals surface area contributed by atoms with Gasteiger partial charge in [0.1, 0.15) is 5.51 Å². The molecule has 0 atom stereocenters. The molecule has 0 radical (unpaired) electrons. The Balaban J connectivity index is 2.13. The molecule has 0 spiro atoms. The van der Waals surface area contributed by atoms with E-state index in [0.717, 1.165) is 11.3 Å². The van der Waals surface area contributed by atoms with Crippen molar-refractivity contribution < 1.29 is 8.42 Å². The van der Waals surface area contributed by atoms with E-state index in [4.69, 9.17) is 5.73 Å². The molecule has 3 heterocycles. The summed E-state index contributed by atoms with van der Waals surface area (Å²) < 4.78 is 28.1. The number of rotatable bonds is 3. The minimum atomic E-state index is -3.83. The van der Waals surface area contributed by atoms with Gasteiger partial charge in [-0.3, -0.25) is 9.12 Å². The second-order valence-corrected chi connectivity index (χ2v) is 6.51. The van der Waals surface area contributed by atoms with Crippen molar-refractivity contribution in [3.05, 3.63) is 17.1 Å². The van der Waals surface area contributed by atoms with Crippen molar-refractivity contribution in [1.82, 2.24) is 19.6 Å². The fourth-order valence-electron chi connectivity index (χ4n) is 1.43. The molecule has 0 saturated carbocycles. The zero-order chi connectivity index (χ0) is 12.8. The van der Waals surface area contributed by atoms with E-state index in [1.165, 1.54) is 21.2 Å². The Bertz CT molecular complexity index is 786. The maximum Gasteiger partial charge on any atom is 0.283 e. The van der Waals surface area contributed by atoms with Crippen molar-refractivity contribution in [3.8, 4) is 0 Å². The van der Waals surface area contributed by atoms with E-state index in [0.29, 0.717) is 4.96 Å². The number of imidazole rings is 1. The first-order valence-electron chi connectivity index (χ1n) is 4.58. The van der Waals surface area contributed by atoms with Gasteiger partial charge in [0.15, 0.2) is 10.8 Å². The van der Waals surface area contributed by atoms with Gasteiger partial charge in [0.25, 0.3) is 10.0 Å². The molecule has 3 rings (SSSR count). The summed E-state index contributed by atoms with van der Waals surface area (Å²) in [5.41, 5.74) is 7.06. The molecule has 18 heavy (non-hydrogen) atoms. The molecule has 3 aromatic heterocycles. The number of aromatic nitrogens is 4. The first-order valence-corrected chi connectivity index (χ1v) is 7.82. The number of nitrogens with two attached hydrogens (primary N) is 1. The van der Waals surface area contributed by atoms with E-state index in [9.17, 15) is 8.42 Å². The molecule has 0 saturated heterocycles. The summed E-state index contributed by atoms with van der Waals surface area (Å²) in [6.07, 6.45) is 1.60. The van der Waals surface area contributed by atoms with Crippen molar-refractivity contribution in [2.75, 3.05) is 10.5 Å². The number of hydrogen-bond donors (Lipinski definition) is 2. The van der Waals surface area contributed by atoms with Crippen LogP contribution in [-0.2, 0) is 10.0 Å². The number of nitrogen functional groups attached to an aromatic ring is 1. The lowest BCUT2D eigenvalue weighted by Crippen LogP contribution is -2.16. The molecule has 0 aromatic carbocycles. The number of nitrogens with zero attached hydrogens (tertiary/aromatic N) is 4. The molecule has 0 aliphatic rings. The maximum atomic E-state index is 12.2. The van der Waals surface area contributed by atoms with Crippen LogP contribution in [0.1, 0.15) is 0 Å². The first kappa shape index (κ1) is 11.4. The van der Waals surface area contributed by atoms with Crippen molar-refractivity contribution in [2.24, 2.45) is 0 Å². The van der Waals surface area contributed by atoms with E-state index in [1.807, 2.05) is 0 Å². The van der Waals surface area contributed by atoms with Crippen LogP contribution in [0.15, 0.2) is 22.1 Å². The van der Waals surface area contributed by atoms with Gasteiger partial charge in [0, 0.05) is 11.6 Å². The first-order chi connectivity index (χ1) is 8.58. The molecule has 0 aliphatic heterocycles. The smallest absolute Gasteiger partial charge is 0.283 e. The third-order valence-corrected chi connectivity index (χ3v) is 4.95. The monoisotopic (exact) mass is 302 g/mol. The van der Waals surface area contributed by atoms with Crippen LogP contribution in [0.5, 0.6) is 0 Å². The fourth-order valence-corrected chi connectivity index (χ4v) is 4.11. The minimum absolute atomic E-state index is 0.0427. The predicted molar refractivity (Wildman–Crippen MR) is 68.2 cm³/mol. The van der Waals surface area contributed by atoms with E-state index < -0.39 is 10.0 Å². The average molecular weight is 302 g/mol. The van der Waals surface area contributed by atoms with E-state index in [-0.39, 0.29) is 16.0 Å². The normalized spacial score (nSPS) is 12.0. The largest absolute Gasteiger partial charge is 0.381 e. The summed E-state index contributed by atoms with van der Waals surface area (Å²) in [5.74, 6) is -0.0427. The zero-order valence-corrected chi connectivity index (χ0v) is 11.1. The highest BCUT2D eigenvalue weighted by atomic mass is 32.2. The highest BCUT2D eigenvalue weighted by Crippen LogP contribution is 2.25. The summed E-state index contributed by atoms with van der Waals surface area (Å²) in [6, 6.07) is 0. The van der Waals surface area contributed by atoms with Crippen LogP contribution in [0.2, 0.25) is 0 Å². The number of hydrogen-bond acceptors (Lipinski definition) is 8. The molecule has 0 fully saturated rings. The number of sulfonamides is 1. The number of anilines is 2. The molecule has 3 N–H and O–H groups in total. The van der Waals surface area contributed by atoms with Crippen LogP contribution >= 0.6 is 22.7 Å². The Morgan fingerprint density at radius 3 is 2.94 bits per heavy atom. The van der Waals surface area contributed by atoms with Gasteiger partial charge in [-0.05, 0) is 0 Å². The van der Waals surface area contributed by atoms with Crippen LogP contribution in [-0.4, -0.2) is 28.0 Å². The summed E-state index contributed by atoms with van der Waals surface area (Å²) in [4.78, 5) is 4.49. The molecular formula is C7H6N6O2S3. The molecule has 0 aliphatic carbocycles. The molecule has 0 unspecified atom stereocenters. The van der Waals surface area contributed by atoms with Gasteiger partial charge in [-0.2, -0.15) is 8.42 Å². The fraction of sp³-hybridized carbons (Fsp3) is 0. The van der Waals surface area contributed by atoms with Crippen LogP contribution in [0.25, 0.3) is 4.96 Å². The highest BCUT2D eigenvalue weighted by Gasteiger charge is 2.25. The molecule has 3 aromatic rings. The standard InChI is InChI=1S/C7H6N6O2S3/c8-4-5(13-1-2-16-7(13)10-4)18(14,15)12-6-11-9-3-17-6/h1-3H,8H2,(H,11,12). The molecule has 0 bridgehead atoms. The van der Waals surface area contributed by atoms with E-state index in [1.54, 1.807) is 11.6 Å². The van der Waals surface area contributed by atoms with Gasteiger partial charge < -0.3 is 5.73 Å².